The zero-order valence-electron chi connectivity index (χ0n) is 19.6. The third-order valence-electron chi connectivity index (χ3n) is 6.81. The Morgan fingerprint density at radius 3 is 2.50 bits per heavy atom. The molecule has 9 heteroatoms. The second-order valence-corrected chi connectivity index (χ2v) is 8.98. The zero-order valence-corrected chi connectivity index (χ0v) is 22.5. The maximum atomic E-state index is 13.3. The van der Waals surface area contributed by atoms with Crippen molar-refractivity contribution in [3.05, 3.63) is 52.4 Å². The number of pyridine rings is 2. The third-order valence-corrected chi connectivity index (χ3v) is 6.81. The number of aromatic nitrogens is 4. The number of carbonyl (C=O) groups excluding carboxylic acids is 1. The van der Waals surface area contributed by atoms with Crippen LogP contribution in [-0.2, 0) is 21.1 Å². The molecule has 34 heavy (non-hydrogen) atoms. The number of carbonyl (C=O) groups is 1. The zero-order chi connectivity index (χ0) is 22.9. The van der Waals surface area contributed by atoms with Crippen LogP contribution in [-0.4, -0.2) is 38.4 Å². The largest absolute Gasteiger partial charge is 0.375 e. The van der Waals surface area contributed by atoms with E-state index in [-0.39, 0.29) is 44.0 Å². The van der Waals surface area contributed by atoms with Crippen LogP contribution in [0.4, 0.5) is 17.5 Å². The van der Waals surface area contributed by atoms with Crippen LogP contribution in [0, 0.1) is 13.3 Å². The van der Waals surface area contributed by atoms with Crippen molar-refractivity contribution < 1.29 is 25.9 Å². The topological polar surface area (TPSA) is 93.0 Å². The summed E-state index contributed by atoms with van der Waals surface area (Å²) in [5.74, 6) is 0.814. The molecule has 4 heterocycles. The molecule has 2 fully saturated rings. The number of hydrogen-bond donors (Lipinski definition) is 1. The molecule has 0 amide bonds. The first-order valence-electron chi connectivity index (χ1n) is 11.8. The number of piperidine rings is 1. The van der Waals surface area contributed by atoms with Crippen LogP contribution in [0.1, 0.15) is 67.4 Å². The van der Waals surface area contributed by atoms with Crippen molar-refractivity contribution in [2.75, 3.05) is 23.3 Å². The van der Waals surface area contributed by atoms with Crippen molar-refractivity contribution in [3.8, 4) is 0 Å². The van der Waals surface area contributed by atoms with Gasteiger partial charge in [-0.2, -0.15) is 17.8 Å². The van der Waals surface area contributed by atoms with Gasteiger partial charge in [-0.1, -0.05) is 12.8 Å². The van der Waals surface area contributed by atoms with Crippen LogP contribution < -0.4 is 15.8 Å². The SMILES string of the molecule is CC(=O)c1c(C)c2cnc(Nc3ccc(N4CC[CH-]CC4)cn3)nc2n(C2CCCC2)c1=O.[W]. The van der Waals surface area contributed by atoms with E-state index < -0.39 is 0 Å². The Kier molecular flexibility index (Phi) is 7.46. The van der Waals surface area contributed by atoms with Gasteiger partial charge in [0.2, 0.25) is 5.95 Å². The fraction of sp³-hybridized carbons (Fsp3) is 0.440. The van der Waals surface area contributed by atoms with E-state index in [1.165, 1.54) is 6.92 Å². The summed E-state index contributed by atoms with van der Waals surface area (Å²) in [5.41, 5.74) is 2.32. The minimum atomic E-state index is -0.245. The number of nitrogens with one attached hydrogen (secondary N) is 1. The van der Waals surface area contributed by atoms with Crippen molar-refractivity contribution >= 4 is 34.3 Å². The number of fused-ring (bicyclic) bond motifs is 1. The molecule has 1 aliphatic heterocycles. The Balaban J connectivity index is 0.00000274. The minimum absolute atomic E-state index is 0. The summed E-state index contributed by atoms with van der Waals surface area (Å²) in [6, 6.07) is 4.04. The minimum Gasteiger partial charge on any atom is -0.375 e. The van der Waals surface area contributed by atoms with Gasteiger partial charge in [0, 0.05) is 38.7 Å². The molecule has 3 aromatic rings. The first kappa shape index (κ1) is 24.5. The van der Waals surface area contributed by atoms with E-state index in [9.17, 15) is 9.59 Å². The van der Waals surface area contributed by atoms with Gasteiger partial charge in [-0.05, 0) is 57.5 Å². The van der Waals surface area contributed by atoms with Gasteiger partial charge in [-0.3, -0.25) is 14.2 Å². The molecule has 0 radical (unpaired) electrons. The van der Waals surface area contributed by atoms with Gasteiger partial charge in [0.15, 0.2) is 5.78 Å². The van der Waals surface area contributed by atoms with Gasteiger partial charge in [0.05, 0.1) is 17.4 Å². The number of anilines is 3. The molecule has 1 N–H and O–H groups in total. The number of Topliss-reactive ketones (excluding diaryl/α,β-unsaturated/α-hetero) is 1. The fourth-order valence-electron chi connectivity index (χ4n) is 5.08. The maximum absolute atomic E-state index is 13.3. The van der Waals surface area contributed by atoms with Crippen molar-refractivity contribution in [3.63, 3.8) is 0 Å². The molecule has 0 aromatic carbocycles. The Bertz CT molecular complexity index is 1240. The number of hydrogen-bond acceptors (Lipinski definition) is 7. The van der Waals surface area contributed by atoms with Crippen LogP contribution in [0.15, 0.2) is 29.3 Å². The summed E-state index contributed by atoms with van der Waals surface area (Å²) in [7, 11) is 0. The Labute approximate surface area is 213 Å². The van der Waals surface area contributed by atoms with E-state index in [0.29, 0.717) is 23.0 Å². The standard InChI is InChI=1S/C25H29N6O2.W/c1-16-20-15-27-25(28-21-11-10-19(14-26-21)30-12-6-3-7-13-30)29-23(20)31(18-8-4-5-9-18)24(33)22(16)17(2)32;/h3,10-11,14-15,18H,4-9,12-13H2,1-2H3,(H,26,27,28,29);/q-1;. The monoisotopic (exact) mass is 629 g/mol. The molecule has 1 aliphatic carbocycles. The molecule has 2 aliphatic rings. The van der Waals surface area contributed by atoms with Gasteiger partial charge >= 0.3 is 0 Å². The molecule has 5 rings (SSSR count). The second kappa shape index (κ2) is 10.3. The second-order valence-electron chi connectivity index (χ2n) is 8.98. The Hall–Kier alpha value is -2.60. The summed E-state index contributed by atoms with van der Waals surface area (Å²) < 4.78 is 1.73. The van der Waals surface area contributed by atoms with Gasteiger partial charge in [0.1, 0.15) is 11.5 Å². The molecular formula is C25H29N6O2W-. The van der Waals surface area contributed by atoms with Gasteiger partial charge < -0.3 is 16.6 Å². The number of nitrogens with zero attached hydrogens (tertiary/aromatic N) is 5. The smallest absolute Gasteiger partial charge is 0.263 e. The molecule has 0 unspecified atom stereocenters. The van der Waals surface area contributed by atoms with Crippen LogP contribution in [0.3, 0.4) is 0 Å². The summed E-state index contributed by atoms with van der Waals surface area (Å²) >= 11 is 0. The number of aryl methyl sites for hydroxylation is 1. The predicted molar refractivity (Wildman–Crippen MR) is 129 cm³/mol. The van der Waals surface area contributed by atoms with Gasteiger partial charge in [-0.15, -0.1) is 0 Å². The molecule has 1 saturated carbocycles. The van der Waals surface area contributed by atoms with Crippen molar-refractivity contribution in [2.24, 2.45) is 0 Å². The van der Waals surface area contributed by atoms with Crippen LogP contribution in [0.25, 0.3) is 11.0 Å². The average Bonchev–Trinajstić information content (AvgIpc) is 3.34. The Morgan fingerprint density at radius 1 is 1.12 bits per heavy atom. The van der Waals surface area contributed by atoms with E-state index in [1.807, 2.05) is 12.3 Å². The van der Waals surface area contributed by atoms with Gasteiger partial charge in [0.25, 0.3) is 5.56 Å². The molecule has 0 bridgehead atoms. The first-order chi connectivity index (χ1) is 16.0. The summed E-state index contributed by atoms with van der Waals surface area (Å²) in [6.07, 6.45) is 12.1. The molecule has 0 spiro atoms. The van der Waals surface area contributed by atoms with Crippen LogP contribution in [0.2, 0.25) is 0 Å². The maximum Gasteiger partial charge on any atom is 0.263 e. The number of rotatable bonds is 5. The van der Waals surface area contributed by atoms with Crippen LogP contribution in [0.5, 0.6) is 0 Å². The molecule has 3 aromatic heterocycles. The van der Waals surface area contributed by atoms with Gasteiger partial charge in [-0.25, -0.2) is 9.97 Å². The molecular weight excluding hydrogens is 600 g/mol. The summed E-state index contributed by atoms with van der Waals surface area (Å²) in [6.45, 7) is 5.28. The summed E-state index contributed by atoms with van der Waals surface area (Å²) in [5, 5.41) is 3.92. The van der Waals surface area contributed by atoms with Crippen LogP contribution >= 0.6 is 0 Å². The summed E-state index contributed by atoms with van der Waals surface area (Å²) in [4.78, 5) is 41.7. The van der Waals surface area contributed by atoms with E-state index in [1.54, 1.807) is 17.7 Å². The number of ketones is 1. The van der Waals surface area contributed by atoms with E-state index >= 15 is 0 Å². The Morgan fingerprint density at radius 2 is 1.85 bits per heavy atom. The molecule has 1 saturated heterocycles. The molecule has 178 valence electrons. The quantitative estimate of drug-likeness (QED) is 0.332. The van der Waals surface area contributed by atoms with Crippen molar-refractivity contribution in [2.45, 2.75) is 58.4 Å². The fourth-order valence-corrected chi connectivity index (χ4v) is 5.08. The van der Waals surface area contributed by atoms with E-state index in [4.69, 9.17) is 4.98 Å². The van der Waals surface area contributed by atoms with E-state index in [0.717, 1.165) is 62.7 Å². The van der Waals surface area contributed by atoms with E-state index in [2.05, 4.69) is 32.7 Å². The molecule has 0 atom stereocenters. The normalized spacial score (nSPS) is 16.5. The van der Waals surface area contributed by atoms with Crippen molar-refractivity contribution in [1.82, 2.24) is 19.5 Å². The van der Waals surface area contributed by atoms with Crippen molar-refractivity contribution in [1.29, 1.82) is 0 Å². The predicted octanol–water partition coefficient (Wildman–Crippen LogP) is 4.36. The first-order valence-corrected chi connectivity index (χ1v) is 11.8. The molecule has 8 nitrogen and oxygen atoms in total. The third kappa shape index (κ3) is 4.65. The average molecular weight is 629 g/mol.